The number of hydrogen-bond donors (Lipinski definition) is 1. The Balaban J connectivity index is 0.0000000955. The van der Waals surface area contributed by atoms with Crippen molar-refractivity contribution in [3.05, 3.63) is 454 Å². The summed E-state index contributed by atoms with van der Waals surface area (Å²) in [6.45, 7) is 8.33. The van der Waals surface area contributed by atoms with Crippen molar-refractivity contribution >= 4 is 285 Å². The van der Waals surface area contributed by atoms with Gasteiger partial charge in [0.1, 0.15) is 33.5 Å². The number of H-pyrrole nitrogens is 1. The summed E-state index contributed by atoms with van der Waals surface area (Å²) in [7, 11) is -0.839. The molecule has 139 heavy (non-hydrogen) atoms. The molecule has 0 spiro atoms. The van der Waals surface area contributed by atoms with Gasteiger partial charge in [0.15, 0.2) is 0 Å². The van der Waals surface area contributed by atoms with Crippen LogP contribution >= 0.6 is 51.1 Å². The number of rotatable bonds is 7. The summed E-state index contributed by atoms with van der Waals surface area (Å²) >= 11 is 8.57. The summed E-state index contributed by atoms with van der Waals surface area (Å²) in [5, 5.41) is 57.4. The predicted octanol–water partition coefficient (Wildman–Crippen LogP) is 34.1. The standard InChI is InChI=1S/C26H23BO3.C26H15NO3.C26H15NO.C20H11BrS.C18H15P.C6H4BrNO2/c1-25(2)26(3,4)30-27(29-25)16-13-14-22-21(15-16)23-19-11-7-5-9-17(19)18-10-6-8-12-20(18)24(23)28-22;28-27(29)23-12-6-5-7-17(23)16-13-14-24-22(15-16)25-20-10-3-1-8-18(20)19-9-2-4-11-21(19)26(25)30-24;1-3-10-18-15(7-1)16-8-2-4-11-19(16)26-25(18)21-13-20-17-9-5-6-12-22(17)27-23(20)14-24(21)28-26;21-12-9-10-18-17(11-12)19-15-7-3-1-5-13(15)14-6-2-4-8-16(14)20(19)22-18;1-4-10-16(11-5-1)19(17-12-6-2-7-13-17)18-14-8-3-9-15-18;7-5-3-1-2-4-6(5)8(9)10/h5-15H,1-4H3;1-15H;1-14,27H;1-11H;1-15H;1-4H. The second-order valence-corrected chi connectivity index (χ2v) is 40.7. The first-order chi connectivity index (χ1) is 67.9. The lowest BCUT2D eigenvalue weighted by Gasteiger charge is -2.32. The zero-order valence-corrected chi connectivity index (χ0v) is 80.6. The molecule has 0 aliphatic carbocycles. The van der Waals surface area contributed by atoms with Crippen LogP contribution in [0.3, 0.4) is 0 Å². The maximum atomic E-state index is 11.5. The lowest BCUT2D eigenvalue weighted by atomic mass is 9.78. The normalized spacial score (nSPS) is 12.9. The van der Waals surface area contributed by atoms with Crippen LogP contribution in [0.4, 0.5) is 11.4 Å². The van der Waals surface area contributed by atoms with Crippen LogP contribution in [0.2, 0.25) is 0 Å². The molecule has 1 N–H and O–H groups in total. The summed E-state index contributed by atoms with van der Waals surface area (Å²) in [6, 6.07) is 145. The van der Waals surface area contributed by atoms with Gasteiger partial charge in [0, 0.05) is 113 Å². The van der Waals surface area contributed by atoms with Crippen LogP contribution in [0.15, 0.2) is 447 Å². The van der Waals surface area contributed by atoms with E-state index in [1.165, 1.54) is 134 Å². The third-order valence-corrected chi connectivity index (χ3v) is 31.8. The van der Waals surface area contributed by atoms with Gasteiger partial charge in [-0.1, -0.05) is 362 Å². The zero-order valence-electron chi connectivity index (χ0n) is 75.7. The van der Waals surface area contributed by atoms with Gasteiger partial charge in [-0.15, -0.1) is 11.3 Å². The van der Waals surface area contributed by atoms with Crippen LogP contribution in [0.1, 0.15) is 27.7 Å². The van der Waals surface area contributed by atoms with E-state index in [1.54, 1.807) is 30.3 Å². The molecule has 17 heteroatoms. The number of aromatic nitrogens is 1. The van der Waals surface area contributed by atoms with Gasteiger partial charge in [-0.05, 0) is 204 Å². The van der Waals surface area contributed by atoms with E-state index in [0.717, 1.165) is 103 Å². The van der Waals surface area contributed by atoms with E-state index in [4.69, 9.17) is 22.6 Å². The molecule has 0 bridgehead atoms. The van der Waals surface area contributed by atoms with Crippen LogP contribution in [0, 0.1) is 20.2 Å². The Morgan fingerprint density at radius 3 is 1.14 bits per heavy atom. The van der Waals surface area contributed by atoms with Gasteiger partial charge in [0.2, 0.25) is 0 Å². The average Bonchev–Trinajstić information content (AvgIpc) is 1.58. The first-order valence-electron chi connectivity index (χ1n) is 46.0. The van der Waals surface area contributed by atoms with Crippen molar-refractivity contribution in [1.82, 2.24) is 4.98 Å². The highest BCUT2D eigenvalue weighted by Gasteiger charge is 2.52. The number of nitro groups is 2. The second kappa shape index (κ2) is 36.2. The topological polar surface area (TPSA) is 160 Å². The number of hydrogen-bond acceptors (Lipinski definition) is 10. The van der Waals surface area contributed by atoms with Crippen LogP contribution in [0.25, 0.3) is 205 Å². The van der Waals surface area contributed by atoms with Crippen LogP contribution in [-0.4, -0.2) is 33.2 Å². The Hall–Kier alpha value is -15.5. The summed E-state index contributed by atoms with van der Waals surface area (Å²) in [5.74, 6) is 0. The fourth-order valence-corrected chi connectivity index (χ4v) is 24.2. The van der Waals surface area contributed by atoms with Crippen molar-refractivity contribution in [2.45, 2.75) is 38.9 Å². The Morgan fingerprint density at radius 1 is 0.302 bits per heavy atom. The molecule has 5 aromatic heterocycles. The van der Waals surface area contributed by atoms with Gasteiger partial charge in [0.25, 0.3) is 11.4 Å². The maximum absolute atomic E-state index is 11.5. The quantitative estimate of drug-likeness (QED) is 0.0539. The highest BCUT2D eigenvalue weighted by Crippen LogP contribution is 2.50. The number of benzene rings is 22. The van der Waals surface area contributed by atoms with Crippen molar-refractivity contribution in [1.29, 1.82) is 0 Å². The Kier molecular flexibility index (Phi) is 22.8. The van der Waals surface area contributed by atoms with E-state index in [9.17, 15) is 20.2 Å². The number of para-hydroxylation sites is 3. The maximum Gasteiger partial charge on any atom is 0.494 e. The Morgan fingerprint density at radius 2 is 0.669 bits per heavy atom. The van der Waals surface area contributed by atoms with Crippen LogP contribution in [0.5, 0.6) is 0 Å². The summed E-state index contributed by atoms with van der Waals surface area (Å²) < 4.78 is 36.1. The van der Waals surface area contributed by atoms with E-state index < -0.39 is 20.0 Å². The molecule has 0 radical (unpaired) electrons. The van der Waals surface area contributed by atoms with Crippen LogP contribution in [-0.2, 0) is 9.31 Å². The zero-order chi connectivity index (χ0) is 94.3. The first kappa shape index (κ1) is 87.6. The number of thiophene rings is 1. The molecule has 0 atom stereocenters. The lowest BCUT2D eigenvalue weighted by Crippen LogP contribution is -2.41. The molecule has 1 aliphatic heterocycles. The molecule has 12 nitrogen and oxygen atoms in total. The monoisotopic (exact) mass is 1970 g/mol. The predicted molar refractivity (Wildman–Crippen MR) is 591 cm³/mol. The fourth-order valence-electron chi connectivity index (χ4n) is 19.9. The van der Waals surface area contributed by atoms with Crippen molar-refractivity contribution in [2.24, 2.45) is 0 Å². The molecule has 1 fully saturated rings. The number of aromatic amines is 1. The number of furan rings is 3. The van der Waals surface area contributed by atoms with Crippen molar-refractivity contribution < 1.29 is 32.4 Å². The van der Waals surface area contributed by atoms with Crippen LogP contribution < -0.4 is 21.4 Å². The molecule has 6 heterocycles. The summed E-state index contributed by atoms with van der Waals surface area (Å²) in [5.41, 5.74) is 9.48. The van der Waals surface area contributed by atoms with Gasteiger partial charge in [-0.25, -0.2) is 0 Å². The number of nitro benzene ring substituents is 2. The number of halogens is 2. The second-order valence-electron chi connectivity index (χ2n) is 35.7. The van der Waals surface area contributed by atoms with Crippen molar-refractivity contribution in [3.8, 4) is 11.1 Å². The molecule has 0 saturated carbocycles. The third kappa shape index (κ3) is 15.8. The molecule has 22 aromatic carbocycles. The molecular weight excluding hydrogens is 1890 g/mol. The third-order valence-electron chi connectivity index (χ3n) is 27.0. The Labute approximate surface area is 819 Å². The lowest BCUT2D eigenvalue weighted by molar-refractivity contribution is -0.385. The van der Waals surface area contributed by atoms with Gasteiger partial charge >= 0.3 is 7.12 Å². The Bertz CT molecular complexity index is 9470. The minimum absolute atomic E-state index is 0.0972. The fraction of sp³-hybridized carbons (Fsp3) is 0.0492. The van der Waals surface area contributed by atoms with E-state index in [1.807, 2.05) is 65.9 Å². The highest BCUT2D eigenvalue weighted by molar-refractivity contribution is 9.10. The van der Waals surface area contributed by atoms with E-state index in [0.29, 0.717) is 10.0 Å². The first-order valence-corrected chi connectivity index (χ1v) is 49.7. The van der Waals surface area contributed by atoms with Crippen molar-refractivity contribution in [3.63, 3.8) is 0 Å². The molecular formula is C122H83BBr2N3O9PS. The smallest absolute Gasteiger partial charge is 0.455 e. The number of nitrogens with zero attached hydrogens (tertiary/aromatic N) is 2. The minimum Gasteiger partial charge on any atom is -0.455 e. The number of fused-ring (bicyclic) bond motifs is 35. The molecule has 0 unspecified atom stereocenters. The summed E-state index contributed by atoms with van der Waals surface area (Å²) in [4.78, 5) is 24.5. The highest BCUT2D eigenvalue weighted by atomic mass is 79.9. The summed E-state index contributed by atoms with van der Waals surface area (Å²) in [6.07, 6.45) is 0. The molecule has 28 rings (SSSR count). The molecule has 1 saturated heterocycles. The van der Waals surface area contributed by atoms with E-state index in [-0.39, 0.29) is 27.5 Å². The van der Waals surface area contributed by atoms with E-state index >= 15 is 0 Å². The van der Waals surface area contributed by atoms with Gasteiger partial charge in [-0.3, -0.25) is 20.2 Å². The van der Waals surface area contributed by atoms with Gasteiger partial charge in [-0.2, -0.15) is 0 Å². The molecule has 1 aliphatic rings. The largest absolute Gasteiger partial charge is 0.494 e. The van der Waals surface area contributed by atoms with Crippen molar-refractivity contribution in [2.75, 3.05) is 0 Å². The minimum atomic E-state index is -0.446. The average molecular weight is 1970 g/mol. The molecule has 0 amide bonds. The molecule has 668 valence electrons. The molecule has 27 aromatic rings. The van der Waals surface area contributed by atoms with E-state index in [2.05, 4.69) is 392 Å². The SMILES string of the molecule is Brc1ccc2sc3c4ccccc4c4ccccc4c3c2c1.CC1(C)OB(c2ccc3oc4c5ccccc5c5ccccc5c4c3c2)OC1(C)C.O=[N+]([O-])c1ccccc1-c1ccc2oc3c4ccccc4c4ccccc4c3c2c1.O=[N+]([O-])c1ccccc1Br.c1ccc(P(c2ccccc2)c2ccccc2)cc1.c1ccc2c(c1)[nH]c1cc3oc4c5ccccc5c5ccccc5c4c3cc12. The number of nitrogens with one attached hydrogen (secondary N) is 1. The van der Waals surface area contributed by atoms with Gasteiger partial charge < -0.3 is 27.5 Å². The van der Waals surface area contributed by atoms with Gasteiger partial charge in [0.05, 0.1) is 36.6 Å².